The summed E-state index contributed by atoms with van der Waals surface area (Å²) in [6.45, 7) is 6.15. The molecule has 0 aliphatic heterocycles. The summed E-state index contributed by atoms with van der Waals surface area (Å²) in [5, 5.41) is 9.55. The Morgan fingerprint density at radius 3 is 2.14 bits per heavy atom. The molecule has 0 aromatic heterocycles. The predicted molar refractivity (Wildman–Crippen MR) is 85.1 cm³/mol. The molecule has 1 aliphatic rings. The molecule has 120 valence electrons. The summed E-state index contributed by atoms with van der Waals surface area (Å²) < 4.78 is 5.49. The van der Waals surface area contributed by atoms with Gasteiger partial charge >= 0.3 is 5.97 Å². The number of hydrogen-bond acceptors (Lipinski definition) is 3. The summed E-state index contributed by atoms with van der Waals surface area (Å²) in [6, 6.07) is 0. The maximum Gasteiger partial charge on any atom is 0.357 e. The second-order valence-electron chi connectivity index (χ2n) is 6.37. The zero-order chi connectivity index (χ0) is 16.3. The van der Waals surface area contributed by atoms with Gasteiger partial charge in [-0.05, 0) is 25.7 Å². The van der Waals surface area contributed by atoms with Crippen LogP contribution in [0.25, 0.3) is 0 Å². The van der Waals surface area contributed by atoms with Gasteiger partial charge in [-0.25, -0.2) is 4.79 Å². The second-order valence-corrected chi connectivity index (χ2v) is 7.32. The standard InChI is InChI=1S/C14H23Cl2N3O2/c1-13(2,3)14(7-5-4-6-8-14)21-11(20)9(10(15)16)19-12(17)18/h4-8H2,1-3H3,(H4,17,18,19). The number of esters is 1. The van der Waals surface area contributed by atoms with Crippen LogP contribution in [0.4, 0.5) is 0 Å². The zero-order valence-corrected chi connectivity index (χ0v) is 14.2. The number of halogens is 2. The van der Waals surface area contributed by atoms with Gasteiger partial charge < -0.3 is 15.8 Å². The lowest BCUT2D eigenvalue weighted by molar-refractivity contribution is -0.175. The van der Waals surface area contributed by atoms with Crippen molar-refractivity contribution in [3.8, 4) is 0 Å². The molecule has 0 aromatic carbocycles. The van der Waals surface area contributed by atoms with Gasteiger partial charge in [-0.15, -0.1) is 0 Å². The maximum absolute atomic E-state index is 12.4. The minimum atomic E-state index is -0.679. The van der Waals surface area contributed by atoms with E-state index in [9.17, 15) is 4.79 Å². The molecule has 0 aromatic rings. The van der Waals surface area contributed by atoms with E-state index in [2.05, 4.69) is 26.1 Å². The van der Waals surface area contributed by atoms with Gasteiger partial charge in [0, 0.05) is 5.41 Å². The molecule has 0 amide bonds. The van der Waals surface area contributed by atoms with Crippen LogP contribution in [0.1, 0.15) is 52.9 Å². The van der Waals surface area contributed by atoms with E-state index < -0.39 is 17.5 Å². The first-order valence-electron chi connectivity index (χ1n) is 6.99. The predicted octanol–water partition coefficient (Wildman–Crippen LogP) is 3.41. The molecular weight excluding hydrogens is 313 g/mol. The van der Waals surface area contributed by atoms with Crippen LogP contribution in [-0.2, 0) is 9.53 Å². The van der Waals surface area contributed by atoms with Crippen molar-refractivity contribution in [2.45, 2.75) is 58.5 Å². The molecule has 21 heavy (non-hydrogen) atoms. The highest BCUT2D eigenvalue weighted by Gasteiger charge is 2.46. The Morgan fingerprint density at radius 2 is 1.76 bits per heavy atom. The quantitative estimate of drug-likeness (QED) is 0.319. The third kappa shape index (κ3) is 4.51. The van der Waals surface area contributed by atoms with E-state index in [0.717, 1.165) is 32.1 Å². The molecule has 4 N–H and O–H groups in total. The molecule has 1 fully saturated rings. The molecule has 0 saturated heterocycles. The number of nitrogens with one attached hydrogen (secondary N) is 2. The Balaban J connectivity index is 3.01. The van der Waals surface area contributed by atoms with Crippen molar-refractivity contribution in [1.82, 2.24) is 5.32 Å². The minimum Gasteiger partial charge on any atom is -0.454 e. The molecule has 0 heterocycles. The Bertz CT molecular complexity index is 446. The van der Waals surface area contributed by atoms with Gasteiger partial charge in [0.25, 0.3) is 0 Å². The van der Waals surface area contributed by atoms with Crippen LogP contribution in [0.5, 0.6) is 0 Å². The molecule has 1 aliphatic carbocycles. The van der Waals surface area contributed by atoms with E-state index in [-0.39, 0.29) is 15.6 Å². The molecule has 1 saturated carbocycles. The number of carbonyl (C=O) groups excluding carboxylic acids is 1. The molecule has 7 heteroatoms. The fourth-order valence-corrected chi connectivity index (χ4v) is 2.92. The van der Waals surface area contributed by atoms with Crippen LogP contribution in [0.15, 0.2) is 10.2 Å². The molecule has 0 atom stereocenters. The zero-order valence-electron chi connectivity index (χ0n) is 12.7. The smallest absolute Gasteiger partial charge is 0.357 e. The summed E-state index contributed by atoms with van der Waals surface area (Å²) in [5.41, 5.74) is 4.27. The molecule has 1 rings (SSSR count). The SMILES string of the molecule is CC(C)(C)C1(OC(=O)C(NC(=N)N)=C(Cl)Cl)CCCCC1. The topological polar surface area (TPSA) is 88.2 Å². The number of carbonyl (C=O) groups is 1. The lowest BCUT2D eigenvalue weighted by atomic mass is 9.68. The van der Waals surface area contributed by atoms with E-state index in [0.29, 0.717) is 0 Å². The Kier molecular flexibility index (Phi) is 5.93. The third-order valence-corrected chi connectivity index (χ3v) is 4.35. The molecule has 0 bridgehead atoms. The summed E-state index contributed by atoms with van der Waals surface area (Å²) in [7, 11) is 0. The number of hydrogen-bond donors (Lipinski definition) is 3. The van der Waals surface area contributed by atoms with Crippen LogP contribution in [0.3, 0.4) is 0 Å². The van der Waals surface area contributed by atoms with E-state index in [1.54, 1.807) is 0 Å². The Hall–Kier alpha value is -0.940. The van der Waals surface area contributed by atoms with Gasteiger partial charge in [-0.1, -0.05) is 50.4 Å². The highest BCUT2D eigenvalue weighted by atomic mass is 35.5. The average Bonchev–Trinajstić information content (AvgIpc) is 2.35. The van der Waals surface area contributed by atoms with E-state index in [1.807, 2.05) is 0 Å². The largest absolute Gasteiger partial charge is 0.454 e. The van der Waals surface area contributed by atoms with Crippen LogP contribution < -0.4 is 11.1 Å². The van der Waals surface area contributed by atoms with Crippen molar-refractivity contribution in [1.29, 1.82) is 5.41 Å². The molecular formula is C14H23Cl2N3O2. The number of nitrogens with two attached hydrogens (primary N) is 1. The third-order valence-electron chi connectivity index (χ3n) is 3.97. The monoisotopic (exact) mass is 335 g/mol. The fraction of sp³-hybridized carbons (Fsp3) is 0.714. The van der Waals surface area contributed by atoms with Gasteiger partial charge in [0.15, 0.2) is 11.7 Å². The Labute approximate surface area is 135 Å². The fourth-order valence-electron chi connectivity index (χ4n) is 2.67. The minimum absolute atomic E-state index is 0.194. The molecule has 0 radical (unpaired) electrons. The van der Waals surface area contributed by atoms with Gasteiger partial charge in [0.1, 0.15) is 10.1 Å². The van der Waals surface area contributed by atoms with E-state index in [1.165, 1.54) is 0 Å². The first-order chi connectivity index (χ1) is 9.59. The lowest BCUT2D eigenvalue weighted by Gasteiger charge is -2.46. The molecule has 0 spiro atoms. The van der Waals surface area contributed by atoms with Crippen molar-refractivity contribution in [2.24, 2.45) is 11.1 Å². The van der Waals surface area contributed by atoms with Crippen molar-refractivity contribution < 1.29 is 9.53 Å². The first kappa shape index (κ1) is 18.1. The number of rotatable bonds is 3. The van der Waals surface area contributed by atoms with Crippen molar-refractivity contribution in [3.05, 3.63) is 10.2 Å². The molecule has 0 unspecified atom stereocenters. The number of ether oxygens (including phenoxy) is 1. The van der Waals surface area contributed by atoms with Crippen molar-refractivity contribution >= 4 is 35.1 Å². The average molecular weight is 336 g/mol. The lowest BCUT2D eigenvalue weighted by Crippen LogP contribution is -2.49. The van der Waals surface area contributed by atoms with E-state index >= 15 is 0 Å². The van der Waals surface area contributed by atoms with Gasteiger partial charge in [-0.2, -0.15) is 0 Å². The van der Waals surface area contributed by atoms with Gasteiger partial charge in [0.05, 0.1) is 0 Å². The van der Waals surface area contributed by atoms with E-state index in [4.69, 9.17) is 39.1 Å². The van der Waals surface area contributed by atoms with Crippen LogP contribution in [-0.4, -0.2) is 17.5 Å². The van der Waals surface area contributed by atoms with Crippen molar-refractivity contribution in [2.75, 3.05) is 0 Å². The maximum atomic E-state index is 12.4. The summed E-state index contributed by atoms with van der Waals surface area (Å²) in [4.78, 5) is 12.4. The van der Waals surface area contributed by atoms with Crippen LogP contribution >= 0.6 is 23.2 Å². The summed E-state index contributed by atoms with van der Waals surface area (Å²) in [5.74, 6) is -1.10. The summed E-state index contributed by atoms with van der Waals surface area (Å²) in [6.07, 6.45) is 4.77. The Morgan fingerprint density at radius 1 is 1.24 bits per heavy atom. The first-order valence-corrected chi connectivity index (χ1v) is 7.74. The van der Waals surface area contributed by atoms with Gasteiger partial charge in [-0.3, -0.25) is 5.41 Å². The highest BCUT2D eigenvalue weighted by molar-refractivity contribution is 6.57. The van der Waals surface area contributed by atoms with Crippen LogP contribution in [0, 0.1) is 10.8 Å². The van der Waals surface area contributed by atoms with Crippen molar-refractivity contribution in [3.63, 3.8) is 0 Å². The molecule has 5 nitrogen and oxygen atoms in total. The second kappa shape index (κ2) is 6.88. The van der Waals surface area contributed by atoms with Crippen LogP contribution in [0.2, 0.25) is 0 Å². The van der Waals surface area contributed by atoms with Gasteiger partial charge in [0.2, 0.25) is 0 Å². The normalized spacial score (nSPS) is 17.8. The summed E-state index contributed by atoms with van der Waals surface area (Å²) >= 11 is 11.4. The number of guanidine groups is 1. The highest BCUT2D eigenvalue weighted by Crippen LogP contribution is 2.45.